The van der Waals surface area contributed by atoms with Crippen molar-refractivity contribution >= 4 is 43.1 Å². The van der Waals surface area contributed by atoms with Crippen LogP contribution in [0, 0.1) is 0 Å². The van der Waals surface area contributed by atoms with Gasteiger partial charge in [-0.1, -0.05) is 127 Å². The average Bonchev–Trinajstić information content (AvgIpc) is 3.14. The zero-order valence-electron chi connectivity index (χ0n) is 25.1. The fourth-order valence-electron chi connectivity index (χ4n) is 7.08. The van der Waals surface area contributed by atoms with Gasteiger partial charge < -0.3 is 0 Å². The Morgan fingerprint density at radius 2 is 0.870 bits per heavy atom. The average molecular weight is 585 g/mol. The molecule has 2 nitrogen and oxygen atoms in total. The van der Waals surface area contributed by atoms with Crippen LogP contribution in [0.4, 0.5) is 0 Å². The molecule has 2 aromatic heterocycles. The molecule has 0 amide bonds. The van der Waals surface area contributed by atoms with Gasteiger partial charge in [-0.25, -0.2) is 0 Å². The van der Waals surface area contributed by atoms with Gasteiger partial charge in [-0.15, -0.1) is 0 Å². The lowest BCUT2D eigenvalue weighted by Gasteiger charge is -2.20. The molecule has 2 heteroatoms. The first kappa shape index (κ1) is 26.3. The van der Waals surface area contributed by atoms with Crippen LogP contribution >= 0.6 is 0 Å². The van der Waals surface area contributed by atoms with E-state index < -0.39 is 0 Å². The van der Waals surface area contributed by atoms with Gasteiger partial charge in [0.1, 0.15) is 0 Å². The monoisotopic (exact) mass is 584 g/mol. The van der Waals surface area contributed by atoms with E-state index in [1.807, 2.05) is 30.7 Å². The molecule has 0 bridgehead atoms. The van der Waals surface area contributed by atoms with Crippen LogP contribution in [0.25, 0.3) is 87.7 Å². The third-order valence-corrected chi connectivity index (χ3v) is 9.21. The summed E-state index contributed by atoms with van der Waals surface area (Å²) < 4.78 is 0. The van der Waals surface area contributed by atoms with Crippen LogP contribution in [0.3, 0.4) is 0 Å². The number of nitrogens with zero attached hydrogens (tertiary/aromatic N) is 2. The van der Waals surface area contributed by atoms with Gasteiger partial charge in [0.25, 0.3) is 0 Å². The lowest BCUT2D eigenvalue weighted by atomic mass is 9.83. The summed E-state index contributed by atoms with van der Waals surface area (Å²) in [5.74, 6) is 0. The Labute approximate surface area is 267 Å². The van der Waals surface area contributed by atoms with Crippen molar-refractivity contribution in [3.05, 3.63) is 170 Å². The molecule has 0 atom stereocenters. The molecule has 9 aromatic rings. The number of hydrogen-bond donors (Lipinski definition) is 0. The second kappa shape index (κ2) is 10.8. The SMILES string of the molecule is c1ccc2c(-c3c4ccccc4c(-c4cccc5ccccc45)c4cc(-c5ccc(-c6ccncc6)cn5)ccc34)cccc2c1. The molecule has 0 saturated carbocycles. The fraction of sp³-hybridized carbons (Fsp3) is 0. The molecule has 0 fully saturated rings. The third-order valence-electron chi connectivity index (χ3n) is 9.21. The predicted molar refractivity (Wildman–Crippen MR) is 194 cm³/mol. The predicted octanol–water partition coefficient (Wildman–Crippen LogP) is 11.8. The van der Waals surface area contributed by atoms with Crippen molar-refractivity contribution in [1.82, 2.24) is 9.97 Å². The molecule has 0 aliphatic rings. The van der Waals surface area contributed by atoms with E-state index in [1.54, 1.807) is 0 Å². The van der Waals surface area contributed by atoms with Crippen molar-refractivity contribution in [2.75, 3.05) is 0 Å². The molecule has 0 N–H and O–H groups in total. The summed E-state index contributed by atoms with van der Waals surface area (Å²) in [6, 6.07) is 54.8. The number of rotatable bonds is 4. The minimum atomic E-state index is 0.948. The van der Waals surface area contributed by atoms with Crippen molar-refractivity contribution < 1.29 is 0 Å². The Morgan fingerprint density at radius 1 is 0.348 bits per heavy atom. The van der Waals surface area contributed by atoms with Crippen LogP contribution in [0.15, 0.2) is 170 Å². The molecular formula is C44H28N2. The third kappa shape index (κ3) is 4.27. The minimum Gasteiger partial charge on any atom is -0.265 e. The van der Waals surface area contributed by atoms with Gasteiger partial charge in [0, 0.05) is 29.7 Å². The maximum absolute atomic E-state index is 4.95. The highest BCUT2D eigenvalue weighted by molar-refractivity contribution is 6.25. The van der Waals surface area contributed by atoms with Gasteiger partial charge in [-0.2, -0.15) is 0 Å². The highest BCUT2D eigenvalue weighted by Crippen LogP contribution is 2.47. The van der Waals surface area contributed by atoms with Crippen molar-refractivity contribution in [2.45, 2.75) is 0 Å². The Hall–Kier alpha value is -6.12. The summed E-state index contributed by atoms with van der Waals surface area (Å²) in [7, 11) is 0. The lowest BCUT2D eigenvalue weighted by molar-refractivity contribution is 1.30. The van der Waals surface area contributed by atoms with Crippen molar-refractivity contribution in [3.8, 4) is 44.6 Å². The molecule has 7 aromatic carbocycles. The number of benzene rings is 7. The highest BCUT2D eigenvalue weighted by atomic mass is 14.7. The summed E-state index contributed by atoms with van der Waals surface area (Å²) in [5, 5.41) is 9.93. The maximum atomic E-state index is 4.95. The number of fused-ring (bicyclic) bond motifs is 4. The van der Waals surface area contributed by atoms with Crippen molar-refractivity contribution in [2.24, 2.45) is 0 Å². The van der Waals surface area contributed by atoms with Crippen LogP contribution in [-0.2, 0) is 0 Å². The topological polar surface area (TPSA) is 25.8 Å². The maximum Gasteiger partial charge on any atom is 0.0702 e. The first-order valence-electron chi connectivity index (χ1n) is 15.6. The summed E-state index contributed by atoms with van der Waals surface area (Å²) in [6.45, 7) is 0. The lowest BCUT2D eigenvalue weighted by Crippen LogP contribution is -1.93. The van der Waals surface area contributed by atoms with E-state index >= 15 is 0 Å². The Kier molecular flexibility index (Phi) is 6.17. The highest BCUT2D eigenvalue weighted by Gasteiger charge is 2.20. The van der Waals surface area contributed by atoms with E-state index in [0.717, 1.165) is 22.4 Å². The van der Waals surface area contributed by atoms with E-state index in [0.29, 0.717) is 0 Å². The van der Waals surface area contributed by atoms with Gasteiger partial charge in [0.2, 0.25) is 0 Å². The van der Waals surface area contributed by atoms with Crippen LogP contribution in [0.1, 0.15) is 0 Å². The summed E-state index contributed by atoms with van der Waals surface area (Å²) in [5.41, 5.74) is 9.22. The van der Waals surface area contributed by atoms with Crippen LogP contribution in [-0.4, -0.2) is 9.97 Å². The molecule has 46 heavy (non-hydrogen) atoms. The van der Waals surface area contributed by atoms with Crippen LogP contribution in [0.5, 0.6) is 0 Å². The second-order valence-electron chi connectivity index (χ2n) is 11.8. The molecule has 0 radical (unpaired) electrons. The molecule has 0 aliphatic carbocycles. The first-order valence-corrected chi connectivity index (χ1v) is 15.6. The summed E-state index contributed by atoms with van der Waals surface area (Å²) in [4.78, 5) is 9.11. The normalized spacial score (nSPS) is 11.5. The molecule has 214 valence electrons. The molecule has 0 unspecified atom stereocenters. The zero-order chi connectivity index (χ0) is 30.5. The fourth-order valence-corrected chi connectivity index (χ4v) is 7.08. The van der Waals surface area contributed by atoms with Crippen LogP contribution in [0.2, 0.25) is 0 Å². The molecule has 0 aliphatic heterocycles. The van der Waals surface area contributed by atoms with E-state index in [9.17, 15) is 0 Å². The van der Waals surface area contributed by atoms with Crippen molar-refractivity contribution in [3.63, 3.8) is 0 Å². The van der Waals surface area contributed by atoms with Gasteiger partial charge >= 0.3 is 0 Å². The van der Waals surface area contributed by atoms with Gasteiger partial charge in [-0.05, 0) is 95.2 Å². The molecule has 2 heterocycles. The van der Waals surface area contributed by atoms with E-state index in [2.05, 4.69) is 145 Å². The number of aromatic nitrogens is 2. The van der Waals surface area contributed by atoms with Crippen LogP contribution < -0.4 is 0 Å². The Balaban J connectivity index is 1.38. The minimum absolute atomic E-state index is 0.948. The quantitative estimate of drug-likeness (QED) is 0.192. The van der Waals surface area contributed by atoms with Gasteiger partial charge in [-0.3, -0.25) is 9.97 Å². The standard InChI is InChI=1S/C44H28N2/c1-3-13-34-30(9-1)11-7-17-36(34)43-38-15-5-6-16-39(38)44(37-18-8-12-31-10-2-4-14-35(31)37)41-27-32(19-21-40(41)43)42-22-20-33(28-46-42)29-23-25-45-26-24-29/h1-28H. The zero-order valence-corrected chi connectivity index (χ0v) is 25.1. The van der Waals surface area contributed by atoms with Gasteiger partial charge in [0.15, 0.2) is 0 Å². The van der Waals surface area contributed by atoms with Crippen molar-refractivity contribution in [1.29, 1.82) is 0 Å². The van der Waals surface area contributed by atoms with E-state index in [4.69, 9.17) is 4.98 Å². The van der Waals surface area contributed by atoms with Gasteiger partial charge in [0.05, 0.1) is 5.69 Å². The number of pyridine rings is 2. The smallest absolute Gasteiger partial charge is 0.0702 e. The molecule has 9 rings (SSSR count). The first-order chi connectivity index (χ1) is 22.8. The van der Waals surface area contributed by atoms with E-state index in [1.165, 1.54) is 65.3 Å². The van der Waals surface area contributed by atoms with E-state index in [-0.39, 0.29) is 0 Å². The Bertz CT molecular complexity index is 2560. The number of hydrogen-bond acceptors (Lipinski definition) is 2. The largest absolute Gasteiger partial charge is 0.265 e. The molecule has 0 saturated heterocycles. The molecular weight excluding hydrogens is 556 g/mol. The second-order valence-corrected chi connectivity index (χ2v) is 11.8. The molecule has 0 spiro atoms. The summed E-state index contributed by atoms with van der Waals surface area (Å²) >= 11 is 0. The Morgan fingerprint density at radius 3 is 1.48 bits per heavy atom. The summed E-state index contributed by atoms with van der Waals surface area (Å²) in [6.07, 6.45) is 5.60.